The predicted octanol–water partition coefficient (Wildman–Crippen LogP) is 2.12. The summed E-state index contributed by atoms with van der Waals surface area (Å²) in [5.74, 6) is 2.45. The molecule has 2 N–H and O–H groups in total. The Morgan fingerprint density at radius 1 is 1.37 bits per heavy atom. The van der Waals surface area contributed by atoms with Crippen molar-refractivity contribution in [3.63, 3.8) is 0 Å². The van der Waals surface area contributed by atoms with Crippen molar-refractivity contribution in [1.29, 1.82) is 0 Å². The van der Waals surface area contributed by atoms with Crippen molar-refractivity contribution in [2.24, 2.45) is 5.92 Å². The molecule has 146 valence electrons. The van der Waals surface area contributed by atoms with Crippen LogP contribution in [0.15, 0.2) is 22.9 Å². The van der Waals surface area contributed by atoms with E-state index in [0.29, 0.717) is 23.2 Å². The quantitative estimate of drug-likeness (QED) is 0.766. The third-order valence-electron chi connectivity index (χ3n) is 4.87. The number of rotatable bonds is 7. The lowest BCUT2D eigenvalue weighted by Crippen LogP contribution is -2.34. The fraction of sp³-hybridized carbons (Fsp3) is 0.579. The van der Waals surface area contributed by atoms with Crippen LogP contribution in [-0.4, -0.2) is 45.8 Å². The molecule has 1 aliphatic rings. The van der Waals surface area contributed by atoms with Gasteiger partial charge in [-0.2, -0.15) is 4.98 Å². The number of piperidine rings is 1. The van der Waals surface area contributed by atoms with Gasteiger partial charge in [0.05, 0.1) is 12.1 Å². The first-order valence-corrected chi connectivity index (χ1v) is 9.49. The molecule has 1 fully saturated rings. The van der Waals surface area contributed by atoms with Crippen LogP contribution in [0, 0.1) is 5.92 Å². The smallest absolute Gasteiger partial charge is 0.253 e. The lowest BCUT2D eigenvalue weighted by molar-refractivity contribution is 0.0949. The summed E-state index contributed by atoms with van der Waals surface area (Å²) in [5, 5.41) is 15.7. The molecule has 1 saturated heterocycles. The normalized spacial score (nSPS) is 15.3. The first-order chi connectivity index (χ1) is 13.1. The van der Waals surface area contributed by atoms with E-state index in [9.17, 15) is 4.79 Å². The Hall–Kier alpha value is -2.48. The van der Waals surface area contributed by atoms with E-state index in [1.807, 2.05) is 19.9 Å². The van der Waals surface area contributed by atoms with E-state index >= 15 is 0 Å². The molecule has 0 aliphatic carbocycles. The van der Waals surface area contributed by atoms with Crippen molar-refractivity contribution in [2.45, 2.75) is 45.6 Å². The average Bonchev–Trinajstić information content (AvgIpc) is 3.17. The van der Waals surface area contributed by atoms with E-state index in [1.54, 1.807) is 12.3 Å². The first-order valence-electron chi connectivity index (χ1n) is 9.49. The number of nitrogens with zero attached hydrogens (tertiary/aromatic N) is 4. The van der Waals surface area contributed by atoms with Gasteiger partial charge < -0.3 is 19.8 Å². The Bertz CT molecular complexity index is 736. The van der Waals surface area contributed by atoms with Gasteiger partial charge >= 0.3 is 0 Å². The van der Waals surface area contributed by atoms with E-state index in [0.717, 1.165) is 38.2 Å². The Morgan fingerprint density at radius 3 is 2.74 bits per heavy atom. The molecule has 27 heavy (non-hydrogen) atoms. The third-order valence-corrected chi connectivity index (χ3v) is 4.87. The molecule has 2 aromatic heterocycles. The molecule has 0 unspecified atom stereocenters. The highest BCUT2D eigenvalue weighted by Gasteiger charge is 2.20. The first kappa shape index (κ1) is 19.3. The Balaban J connectivity index is 1.51. The summed E-state index contributed by atoms with van der Waals surface area (Å²) in [4.78, 5) is 23.2. The van der Waals surface area contributed by atoms with Gasteiger partial charge in [0.2, 0.25) is 5.89 Å². The number of aromatic nitrogens is 3. The second-order valence-electron chi connectivity index (χ2n) is 7.23. The highest BCUT2D eigenvalue weighted by Crippen LogP contribution is 2.23. The number of hydrogen-bond donors (Lipinski definition) is 2. The number of aliphatic hydroxyl groups excluding tert-OH is 1. The average molecular weight is 373 g/mol. The van der Waals surface area contributed by atoms with Crippen molar-refractivity contribution in [3.05, 3.63) is 35.6 Å². The van der Waals surface area contributed by atoms with Gasteiger partial charge in [0.15, 0.2) is 5.82 Å². The molecular weight excluding hydrogens is 346 g/mol. The maximum absolute atomic E-state index is 12.3. The number of hydrogen-bond acceptors (Lipinski definition) is 7. The van der Waals surface area contributed by atoms with Gasteiger partial charge in [0.25, 0.3) is 5.91 Å². The van der Waals surface area contributed by atoms with E-state index in [4.69, 9.17) is 9.63 Å². The number of carbonyl (C=O) groups excluding carboxylic acids is 1. The SMILES string of the molecule is CC(C)c1nc(CNC(=O)c2ccc(N3CCC(CCO)CC3)nc2)no1. The summed E-state index contributed by atoms with van der Waals surface area (Å²) in [7, 11) is 0. The molecule has 8 nitrogen and oxygen atoms in total. The van der Waals surface area contributed by atoms with Crippen LogP contribution in [0.2, 0.25) is 0 Å². The van der Waals surface area contributed by atoms with Crippen LogP contribution in [0.1, 0.15) is 61.1 Å². The number of carbonyl (C=O) groups is 1. The van der Waals surface area contributed by atoms with Crippen molar-refractivity contribution >= 4 is 11.7 Å². The van der Waals surface area contributed by atoms with Crippen LogP contribution in [0.4, 0.5) is 5.82 Å². The molecular formula is C19H27N5O3. The third kappa shape index (κ3) is 5.03. The number of nitrogens with one attached hydrogen (secondary N) is 1. The van der Waals surface area contributed by atoms with Crippen LogP contribution in [0.3, 0.4) is 0 Å². The second kappa shape index (κ2) is 8.94. The molecule has 0 atom stereocenters. The molecule has 3 rings (SSSR count). The zero-order valence-electron chi connectivity index (χ0n) is 15.9. The number of pyridine rings is 1. The van der Waals surface area contributed by atoms with Gasteiger partial charge in [-0.3, -0.25) is 4.79 Å². The molecule has 1 aliphatic heterocycles. The van der Waals surface area contributed by atoms with Gasteiger partial charge in [-0.25, -0.2) is 4.98 Å². The minimum atomic E-state index is -0.216. The van der Waals surface area contributed by atoms with E-state index in [2.05, 4.69) is 25.3 Å². The fourth-order valence-electron chi connectivity index (χ4n) is 3.18. The van der Waals surface area contributed by atoms with E-state index in [1.165, 1.54) is 0 Å². The maximum atomic E-state index is 12.3. The van der Waals surface area contributed by atoms with Gasteiger partial charge in [-0.1, -0.05) is 19.0 Å². The van der Waals surface area contributed by atoms with Gasteiger partial charge in [0.1, 0.15) is 5.82 Å². The fourth-order valence-corrected chi connectivity index (χ4v) is 3.18. The van der Waals surface area contributed by atoms with E-state index < -0.39 is 0 Å². The summed E-state index contributed by atoms with van der Waals surface area (Å²) >= 11 is 0. The standard InChI is InChI=1S/C19H27N5O3/c1-13(2)19-22-16(23-27-19)12-21-18(26)15-3-4-17(20-11-15)24-8-5-14(6-9-24)7-10-25/h3-4,11,13-14,25H,5-10,12H2,1-2H3,(H,21,26). The molecule has 3 heterocycles. The van der Waals surface area contributed by atoms with Crippen molar-refractivity contribution in [1.82, 2.24) is 20.4 Å². The molecule has 8 heteroatoms. The highest BCUT2D eigenvalue weighted by atomic mass is 16.5. The summed E-state index contributed by atoms with van der Waals surface area (Å²) in [6.45, 7) is 6.28. The second-order valence-corrected chi connectivity index (χ2v) is 7.23. The summed E-state index contributed by atoms with van der Waals surface area (Å²) < 4.78 is 5.13. The lowest BCUT2D eigenvalue weighted by atomic mass is 9.94. The molecule has 0 bridgehead atoms. The minimum absolute atomic E-state index is 0.160. The van der Waals surface area contributed by atoms with Crippen molar-refractivity contribution < 1.29 is 14.4 Å². The Kier molecular flexibility index (Phi) is 6.39. The lowest BCUT2D eigenvalue weighted by Gasteiger charge is -2.32. The largest absolute Gasteiger partial charge is 0.396 e. The molecule has 0 aromatic carbocycles. The summed E-state index contributed by atoms with van der Waals surface area (Å²) in [6, 6.07) is 3.67. The highest BCUT2D eigenvalue weighted by molar-refractivity contribution is 5.93. The molecule has 1 amide bonds. The minimum Gasteiger partial charge on any atom is -0.396 e. The molecule has 2 aromatic rings. The van der Waals surface area contributed by atoms with Gasteiger partial charge in [-0.15, -0.1) is 0 Å². The topological polar surface area (TPSA) is 104 Å². The van der Waals surface area contributed by atoms with Gasteiger partial charge in [0, 0.05) is 31.8 Å². The van der Waals surface area contributed by atoms with Crippen LogP contribution < -0.4 is 10.2 Å². The van der Waals surface area contributed by atoms with Crippen LogP contribution >= 0.6 is 0 Å². The van der Waals surface area contributed by atoms with Crippen molar-refractivity contribution in [2.75, 3.05) is 24.6 Å². The zero-order valence-corrected chi connectivity index (χ0v) is 15.9. The summed E-state index contributed by atoms with van der Waals surface area (Å²) in [5.41, 5.74) is 0.501. The molecule has 0 saturated carbocycles. The van der Waals surface area contributed by atoms with Crippen LogP contribution in [-0.2, 0) is 6.54 Å². The van der Waals surface area contributed by atoms with Gasteiger partial charge in [-0.05, 0) is 37.3 Å². The molecule has 0 radical (unpaired) electrons. The zero-order chi connectivity index (χ0) is 19.2. The maximum Gasteiger partial charge on any atom is 0.253 e. The number of amides is 1. The number of anilines is 1. The number of aliphatic hydroxyl groups is 1. The van der Waals surface area contributed by atoms with Crippen LogP contribution in [0.5, 0.6) is 0 Å². The Morgan fingerprint density at radius 2 is 2.15 bits per heavy atom. The predicted molar refractivity (Wildman–Crippen MR) is 100 cm³/mol. The van der Waals surface area contributed by atoms with Crippen LogP contribution in [0.25, 0.3) is 0 Å². The molecule has 0 spiro atoms. The monoisotopic (exact) mass is 373 g/mol. The Labute approximate surface area is 159 Å². The van der Waals surface area contributed by atoms with Crippen molar-refractivity contribution in [3.8, 4) is 0 Å². The summed E-state index contributed by atoms with van der Waals surface area (Å²) in [6.07, 6.45) is 4.60. The van der Waals surface area contributed by atoms with E-state index in [-0.39, 0.29) is 25.0 Å².